The van der Waals surface area contributed by atoms with Crippen molar-refractivity contribution in [2.75, 3.05) is 6.54 Å². The van der Waals surface area contributed by atoms with E-state index in [0.717, 1.165) is 6.92 Å². The summed E-state index contributed by atoms with van der Waals surface area (Å²) in [5.41, 5.74) is 0.687. The van der Waals surface area contributed by atoms with Gasteiger partial charge in [0.15, 0.2) is 0 Å². The summed E-state index contributed by atoms with van der Waals surface area (Å²) >= 11 is 0. The van der Waals surface area contributed by atoms with Crippen LogP contribution < -0.4 is 10.6 Å². The first-order chi connectivity index (χ1) is 11.7. The van der Waals surface area contributed by atoms with Crippen LogP contribution in [-0.2, 0) is 16.1 Å². The van der Waals surface area contributed by atoms with Crippen molar-refractivity contribution in [1.82, 2.24) is 10.6 Å². The molecule has 0 saturated carbocycles. The highest BCUT2D eigenvalue weighted by atomic mass is 19.4. The van der Waals surface area contributed by atoms with Crippen molar-refractivity contribution in [3.05, 3.63) is 35.9 Å². The third-order valence-corrected chi connectivity index (χ3v) is 3.31. The maximum atomic E-state index is 12.7. The Morgan fingerprint density at radius 2 is 1.92 bits per heavy atom. The standard InChI is InChI=1S/C16H18F3N3O3/c1-11(16(17,18)19)9-13(14(23)21-8-7-20)22-15(24)25-10-12-5-3-2-4-6-12/h2-6,11,13H,8-10H2,1H3,(H,21,23)(H,22,24). The van der Waals surface area contributed by atoms with Gasteiger partial charge >= 0.3 is 12.3 Å². The Balaban J connectivity index is 2.66. The monoisotopic (exact) mass is 357 g/mol. The van der Waals surface area contributed by atoms with Gasteiger partial charge in [-0.3, -0.25) is 4.79 Å². The van der Waals surface area contributed by atoms with Gasteiger partial charge in [-0.1, -0.05) is 37.3 Å². The van der Waals surface area contributed by atoms with E-state index in [9.17, 15) is 22.8 Å². The molecule has 0 aliphatic carbocycles. The molecule has 0 fully saturated rings. The zero-order valence-electron chi connectivity index (χ0n) is 13.5. The van der Waals surface area contributed by atoms with Crippen LogP contribution in [0.15, 0.2) is 30.3 Å². The minimum atomic E-state index is -4.51. The van der Waals surface area contributed by atoms with Gasteiger partial charge in [0.1, 0.15) is 19.2 Å². The average molecular weight is 357 g/mol. The predicted octanol–water partition coefficient (Wildman–Crippen LogP) is 2.51. The van der Waals surface area contributed by atoms with Crippen LogP contribution >= 0.6 is 0 Å². The minimum absolute atomic E-state index is 0.0893. The molecule has 136 valence electrons. The summed E-state index contributed by atoms with van der Waals surface area (Å²) in [5.74, 6) is -2.70. The quantitative estimate of drug-likeness (QED) is 0.734. The predicted molar refractivity (Wildman–Crippen MR) is 82.0 cm³/mol. The second-order valence-electron chi connectivity index (χ2n) is 5.31. The molecule has 2 amide bonds. The number of rotatable bonds is 7. The van der Waals surface area contributed by atoms with Gasteiger partial charge < -0.3 is 15.4 Å². The fourth-order valence-corrected chi connectivity index (χ4v) is 1.88. The molecule has 25 heavy (non-hydrogen) atoms. The number of amides is 2. The van der Waals surface area contributed by atoms with Crippen LogP contribution in [0, 0.1) is 17.2 Å². The van der Waals surface area contributed by atoms with Crippen LogP contribution in [-0.4, -0.2) is 30.8 Å². The summed E-state index contributed by atoms with van der Waals surface area (Å²) in [6.45, 7) is 0.437. The number of carbonyl (C=O) groups excluding carboxylic acids is 2. The molecule has 2 N–H and O–H groups in total. The van der Waals surface area contributed by atoms with E-state index in [1.807, 2.05) is 0 Å². The number of nitriles is 1. The number of nitrogens with zero attached hydrogens (tertiary/aromatic N) is 1. The highest BCUT2D eigenvalue weighted by Crippen LogP contribution is 2.29. The summed E-state index contributed by atoms with van der Waals surface area (Å²) in [6, 6.07) is 8.83. The number of benzene rings is 1. The molecule has 1 aromatic carbocycles. The van der Waals surface area contributed by atoms with Gasteiger partial charge in [-0.15, -0.1) is 0 Å². The van der Waals surface area contributed by atoms with E-state index in [-0.39, 0.29) is 13.2 Å². The molecule has 0 heterocycles. The third-order valence-electron chi connectivity index (χ3n) is 3.31. The van der Waals surface area contributed by atoms with Crippen LogP contribution in [0.2, 0.25) is 0 Å². The Hall–Kier alpha value is -2.76. The summed E-state index contributed by atoms with van der Waals surface area (Å²) in [5, 5.41) is 12.7. The number of hydrogen-bond acceptors (Lipinski definition) is 4. The number of hydrogen-bond donors (Lipinski definition) is 2. The molecule has 2 unspecified atom stereocenters. The molecule has 0 radical (unpaired) electrons. The normalized spacial score (nSPS) is 13.2. The van der Waals surface area contributed by atoms with Crippen LogP contribution in [0.4, 0.5) is 18.0 Å². The average Bonchev–Trinajstić information content (AvgIpc) is 2.57. The molecule has 6 nitrogen and oxygen atoms in total. The van der Waals surface area contributed by atoms with Crippen LogP contribution in [0.1, 0.15) is 18.9 Å². The van der Waals surface area contributed by atoms with Gasteiger partial charge in [0, 0.05) is 0 Å². The van der Waals surface area contributed by atoms with Crippen LogP contribution in [0.3, 0.4) is 0 Å². The van der Waals surface area contributed by atoms with Crippen LogP contribution in [0.25, 0.3) is 0 Å². The molecular formula is C16H18F3N3O3. The Labute approximate surface area is 143 Å². The van der Waals surface area contributed by atoms with E-state index in [1.54, 1.807) is 36.4 Å². The van der Waals surface area contributed by atoms with Gasteiger partial charge in [0.2, 0.25) is 5.91 Å². The van der Waals surface area contributed by atoms with Gasteiger partial charge in [0.25, 0.3) is 0 Å². The highest BCUT2D eigenvalue weighted by Gasteiger charge is 2.39. The van der Waals surface area contributed by atoms with Gasteiger partial charge in [-0.05, 0) is 12.0 Å². The van der Waals surface area contributed by atoms with Crippen molar-refractivity contribution >= 4 is 12.0 Å². The zero-order chi connectivity index (χ0) is 18.9. The first-order valence-corrected chi connectivity index (χ1v) is 7.42. The smallest absolute Gasteiger partial charge is 0.408 e. The molecule has 0 aliphatic rings. The lowest BCUT2D eigenvalue weighted by Crippen LogP contribution is -2.48. The Morgan fingerprint density at radius 1 is 1.28 bits per heavy atom. The molecule has 0 aromatic heterocycles. The van der Waals surface area contributed by atoms with Crippen molar-refractivity contribution in [3.8, 4) is 6.07 Å². The number of alkyl carbamates (subject to hydrolysis) is 1. The molecule has 0 bridgehead atoms. The molecular weight excluding hydrogens is 339 g/mol. The first kappa shape index (κ1) is 20.3. The summed E-state index contributed by atoms with van der Waals surface area (Å²) in [7, 11) is 0. The minimum Gasteiger partial charge on any atom is -0.445 e. The number of carbonyl (C=O) groups is 2. The number of nitrogens with one attached hydrogen (secondary N) is 2. The number of alkyl halides is 3. The fraction of sp³-hybridized carbons (Fsp3) is 0.438. The van der Waals surface area contributed by atoms with E-state index in [1.165, 1.54) is 0 Å². The number of ether oxygens (including phenoxy) is 1. The van der Waals surface area contributed by atoms with Crippen molar-refractivity contribution in [1.29, 1.82) is 5.26 Å². The largest absolute Gasteiger partial charge is 0.445 e. The first-order valence-electron chi connectivity index (χ1n) is 7.42. The maximum Gasteiger partial charge on any atom is 0.408 e. The fourth-order valence-electron chi connectivity index (χ4n) is 1.88. The SMILES string of the molecule is CC(CC(NC(=O)OCc1ccccc1)C(=O)NCC#N)C(F)(F)F. The Morgan fingerprint density at radius 3 is 2.48 bits per heavy atom. The molecule has 1 aromatic rings. The maximum absolute atomic E-state index is 12.7. The molecule has 0 aliphatic heterocycles. The molecule has 0 saturated heterocycles. The summed E-state index contributed by atoms with van der Waals surface area (Å²) < 4.78 is 43.0. The Bertz CT molecular complexity index is 615. The summed E-state index contributed by atoms with van der Waals surface area (Å²) in [6.07, 6.45) is -6.19. The van der Waals surface area contributed by atoms with E-state index in [0.29, 0.717) is 5.56 Å². The Kier molecular flexibility index (Phi) is 7.72. The zero-order valence-corrected chi connectivity index (χ0v) is 13.5. The third kappa shape index (κ3) is 7.56. The van der Waals surface area contributed by atoms with Gasteiger partial charge in [0.05, 0.1) is 12.0 Å². The lowest BCUT2D eigenvalue weighted by atomic mass is 10.0. The molecule has 0 spiro atoms. The van der Waals surface area contributed by atoms with Gasteiger partial charge in [-0.2, -0.15) is 18.4 Å². The van der Waals surface area contributed by atoms with E-state index in [2.05, 4.69) is 10.6 Å². The van der Waals surface area contributed by atoms with E-state index in [4.69, 9.17) is 10.00 Å². The van der Waals surface area contributed by atoms with Crippen molar-refractivity contribution in [3.63, 3.8) is 0 Å². The summed E-state index contributed by atoms with van der Waals surface area (Å²) in [4.78, 5) is 23.7. The van der Waals surface area contributed by atoms with E-state index < -0.39 is 36.6 Å². The molecule has 2 atom stereocenters. The van der Waals surface area contributed by atoms with Crippen molar-refractivity contribution < 1.29 is 27.5 Å². The second kappa shape index (κ2) is 9.52. The van der Waals surface area contributed by atoms with Crippen molar-refractivity contribution in [2.45, 2.75) is 32.2 Å². The second-order valence-corrected chi connectivity index (χ2v) is 5.31. The van der Waals surface area contributed by atoms with Gasteiger partial charge in [-0.25, -0.2) is 4.79 Å². The van der Waals surface area contributed by atoms with E-state index >= 15 is 0 Å². The molecule has 9 heteroatoms. The lowest BCUT2D eigenvalue weighted by molar-refractivity contribution is -0.173. The van der Waals surface area contributed by atoms with Crippen molar-refractivity contribution in [2.24, 2.45) is 5.92 Å². The highest BCUT2D eigenvalue weighted by molar-refractivity contribution is 5.85. The number of halogens is 3. The topological polar surface area (TPSA) is 91.2 Å². The lowest BCUT2D eigenvalue weighted by Gasteiger charge is -2.22. The van der Waals surface area contributed by atoms with Crippen LogP contribution in [0.5, 0.6) is 0 Å². The molecule has 1 rings (SSSR count).